The fourth-order valence-electron chi connectivity index (χ4n) is 7.01. The molecular formula is C38H47FO4Si2. The highest BCUT2D eigenvalue weighted by atomic mass is 28.4. The van der Waals surface area contributed by atoms with Crippen molar-refractivity contribution in [3.63, 3.8) is 0 Å². The van der Waals surface area contributed by atoms with Gasteiger partial charge < -0.3 is 18.3 Å². The molecule has 4 atom stereocenters. The lowest BCUT2D eigenvalue weighted by Gasteiger charge is -2.46. The summed E-state index contributed by atoms with van der Waals surface area (Å²) in [6.45, 7) is 13.5. The molecule has 1 aliphatic heterocycles. The first-order chi connectivity index (χ1) is 21.5. The third kappa shape index (κ3) is 6.27. The molecule has 4 aromatic carbocycles. The molecule has 0 saturated carbocycles. The molecule has 7 heteroatoms. The van der Waals surface area contributed by atoms with Crippen molar-refractivity contribution >= 4 is 37.4 Å². The maximum Gasteiger partial charge on any atom is 0.261 e. The van der Waals surface area contributed by atoms with E-state index in [1.165, 1.54) is 7.11 Å². The molecule has 1 saturated heterocycles. The van der Waals surface area contributed by atoms with Crippen LogP contribution in [0.4, 0.5) is 4.39 Å². The van der Waals surface area contributed by atoms with Crippen LogP contribution in [0.5, 0.6) is 0 Å². The number of methoxy groups -OCH3 is 1. The lowest BCUT2D eigenvalue weighted by molar-refractivity contribution is -0.140. The zero-order chi connectivity index (χ0) is 32.3. The predicted molar refractivity (Wildman–Crippen MR) is 187 cm³/mol. The Balaban J connectivity index is 1.60. The Morgan fingerprint density at radius 2 is 0.956 bits per heavy atom. The number of ether oxygens (including phenoxy) is 2. The van der Waals surface area contributed by atoms with Crippen molar-refractivity contribution in [2.45, 2.75) is 76.3 Å². The highest BCUT2D eigenvalue weighted by Crippen LogP contribution is 2.42. The molecule has 0 aromatic heterocycles. The average molecular weight is 643 g/mol. The summed E-state index contributed by atoms with van der Waals surface area (Å²) in [5.41, 5.74) is 0. The minimum Gasteiger partial charge on any atom is -0.405 e. The molecule has 0 amide bonds. The van der Waals surface area contributed by atoms with Gasteiger partial charge in [0.2, 0.25) is 0 Å². The highest BCUT2D eigenvalue weighted by molar-refractivity contribution is 7.00. The van der Waals surface area contributed by atoms with Gasteiger partial charge in [0.1, 0.15) is 12.2 Å². The van der Waals surface area contributed by atoms with Crippen LogP contribution in [0, 0.1) is 0 Å². The average Bonchev–Trinajstić information content (AvgIpc) is 3.34. The van der Waals surface area contributed by atoms with E-state index < -0.39 is 41.3 Å². The van der Waals surface area contributed by atoms with Gasteiger partial charge in [-0.2, -0.15) is 0 Å². The molecule has 45 heavy (non-hydrogen) atoms. The molecule has 1 fully saturated rings. The number of alkyl halides is 1. The minimum absolute atomic E-state index is 0.163. The van der Waals surface area contributed by atoms with Crippen molar-refractivity contribution in [3.05, 3.63) is 121 Å². The van der Waals surface area contributed by atoms with E-state index in [4.69, 9.17) is 18.3 Å². The van der Waals surface area contributed by atoms with Gasteiger partial charge in [0.05, 0.1) is 6.61 Å². The van der Waals surface area contributed by atoms with Gasteiger partial charge in [0.15, 0.2) is 12.5 Å². The summed E-state index contributed by atoms with van der Waals surface area (Å²) in [7, 11) is -4.52. The van der Waals surface area contributed by atoms with E-state index in [2.05, 4.69) is 114 Å². The first-order valence-corrected chi connectivity index (χ1v) is 19.6. The van der Waals surface area contributed by atoms with Gasteiger partial charge >= 0.3 is 0 Å². The van der Waals surface area contributed by atoms with Crippen molar-refractivity contribution in [3.8, 4) is 0 Å². The normalized spacial score (nSPS) is 21.2. The molecule has 1 aliphatic rings. The van der Waals surface area contributed by atoms with Crippen molar-refractivity contribution in [1.29, 1.82) is 0 Å². The summed E-state index contributed by atoms with van der Waals surface area (Å²) < 4.78 is 43.1. The van der Waals surface area contributed by atoms with E-state index in [-0.39, 0.29) is 16.7 Å². The maximum atomic E-state index is 16.6. The standard InChI is InChI=1S/C38H47FO4Si2/c1-37(2,3)44(29-20-12-8-13-21-29,30-22-14-9-15-23-30)41-28-33-35(34(39)36(40-7)42-33)43-45(38(4,5)6,31-24-16-10-17-25-31)32-26-18-11-19-27-32/h8-27,33-36H,28H2,1-7H3/t33-,34+,35-,36?/m1/s1. The molecule has 0 N–H and O–H groups in total. The molecule has 0 radical (unpaired) electrons. The Morgan fingerprint density at radius 3 is 1.29 bits per heavy atom. The molecule has 0 aliphatic carbocycles. The molecule has 5 rings (SSSR count). The second-order valence-corrected chi connectivity index (χ2v) is 22.5. The van der Waals surface area contributed by atoms with Crippen LogP contribution >= 0.6 is 0 Å². The van der Waals surface area contributed by atoms with Crippen LogP contribution in [0.1, 0.15) is 41.5 Å². The Kier molecular flexibility index (Phi) is 9.99. The van der Waals surface area contributed by atoms with Crippen LogP contribution in [0.3, 0.4) is 0 Å². The van der Waals surface area contributed by atoms with Crippen LogP contribution in [-0.2, 0) is 18.3 Å². The quantitative estimate of drug-likeness (QED) is 0.193. The monoisotopic (exact) mass is 642 g/mol. The lowest BCUT2D eigenvalue weighted by atomic mass is 10.2. The smallest absolute Gasteiger partial charge is 0.261 e. The van der Waals surface area contributed by atoms with Gasteiger partial charge in [-0.05, 0) is 30.8 Å². The number of halogens is 1. The van der Waals surface area contributed by atoms with Crippen LogP contribution in [0.25, 0.3) is 0 Å². The zero-order valence-electron chi connectivity index (χ0n) is 27.6. The van der Waals surface area contributed by atoms with E-state index in [0.717, 1.165) is 20.7 Å². The molecule has 4 nitrogen and oxygen atoms in total. The molecule has 0 bridgehead atoms. The summed E-state index contributed by atoms with van der Waals surface area (Å²) in [5, 5.41) is 3.92. The molecule has 4 aromatic rings. The van der Waals surface area contributed by atoms with E-state index in [1.54, 1.807) is 0 Å². The predicted octanol–water partition coefficient (Wildman–Crippen LogP) is 6.22. The number of hydrogen-bond acceptors (Lipinski definition) is 4. The van der Waals surface area contributed by atoms with E-state index in [9.17, 15) is 0 Å². The SMILES string of the molecule is COC1O[C@H](CO[Si](c2ccccc2)(c2ccccc2)C(C)(C)C)[C@@H](O[Si](c2ccccc2)(c2ccccc2)C(C)(C)C)[C@@H]1F. The molecular weight excluding hydrogens is 596 g/mol. The van der Waals surface area contributed by atoms with E-state index in [0.29, 0.717) is 0 Å². The summed E-state index contributed by atoms with van der Waals surface area (Å²) >= 11 is 0. The van der Waals surface area contributed by atoms with Gasteiger partial charge in [-0.3, -0.25) is 0 Å². The molecule has 1 heterocycles. The van der Waals surface area contributed by atoms with Crippen molar-refractivity contribution in [2.75, 3.05) is 13.7 Å². The Morgan fingerprint density at radius 1 is 0.600 bits per heavy atom. The minimum atomic E-state index is -3.10. The first-order valence-electron chi connectivity index (χ1n) is 15.8. The van der Waals surface area contributed by atoms with Gasteiger partial charge in [0.25, 0.3) is 16.6 Å². The second kappa shape index (κ2) is 13.4. The Labute approximate surface area is 270 Å². The van der Waals surface area contributed by atoms with Crippen molar-refractivity contribution in [1.82, 2.24) is 0 Å². The van der Waals surface area contributed by atoms with Crippen molar-refractivity contribution < 1.29 is 22.7 Å². The van der Waals surface area contributed by atoms with Crippen LogP contribution < -0.4 is 20.7 Å². The fourth-order valence-corrected chi connectivity index (χ4v) is 16.3. The van der Waals surface area contributed by atoms with Gasteiger partial charge in [-0.15, -0.1) is 0 Å². The van der Waals surface area contributed by atoms with Crippen molar-refractivity contribution in [2.24, 2.45) is 0 Å². The molecule has 0 spiro atoms. The second-order valence-electron chi connectivity index (χ2n) is 13.9. The lowest BCUT2D eigenvalue weighted by Crippen LogP contribution is -2.69. The van der Waals surface area contributed by atoms with Crippen LogP contribution in [-0.4, -0.2) is 55.0 Å². The maximum absolute atomic E-state index is 16.6. The third-order valence-corrected chi connectivity index (χ3v) is 19.1. The molecule has 1 unspecified atom stereocenters. The summed E-state index contributed by atoms with van der Waals surface area (Å²) in [5.74, 6) is 0. The van der Waals surface area contributed by atoms with Crippen LogP contribution in [0.15, 0.2) is 121 Å². The highest BCUT2D eigenvalue weighted by Gasteiger charge is 2.58. The third-order valence-electron chi connectivity index (χ3n) is 9.09. The fraction of sp³-hybridized carbons (Fsp3) is 0.368. The summed E-state index contributed by atoms with van der Waals surface area (Å²) in [6, 6.07) is 41.6. The largest absolute Gasteiger partial charge is 0.405 e. The van der Waals surface area contributed by atoms with Gasteiger partial charge in [0, 0.05) is 7.11 Å². The number of hydrogen-bond donors (Lipinski definition) is 0. The van der Waals surface area contributed by atoms with Crippen LogP contribution in [0.2, 0.25) is 10.1 Å². The topological polar surface area (TPSA) is 36.9 Å². The zero-order valence-corrected chi connectivity index (χ0v) is 29.6. The summed E-state index contributed by atoms with van der Waals surface area (Å²) in [4.78, 5) is 0. The van der Waals surface area contributed by atoms with Gasteiger partial charge in [-0.1, -0.05) is 163 Å². The molecule has 238 valence electrons. The van der Waals surface area contributed by atoms with E-state index >= 15 is 4.39 Å². The summed E-state index contributed by atoms with van der Waals surface area (Å²) in [6.07, 6.45) is -4.14. The van der Waals surface area contributed by atoms with Gasteiger partial charge in [-0.25, -0.2) is 4.39 Å². The Hall–Kier alpha value is -2.92. The first kappa shape index (κ1) is 33.4. The Bertz CT molecular complexity index is 1410. The number of rotatable bonds is 10. The van der Waals surface area contributed by atoms with E-state index in [1.807, 2.05) is 48.5 Å². The number of benzene rings is 4.